The maximum Gasteiger partial charge on any atom is 0.305 e. The van der Waals surface area contributed by atoms with Gasteiger partial charge in [-0.25, -0.2) is 4.98 Å². The normalized spacial score (nSPS) is 10.2. The summed E-state index contributed by atoms with van der Waals surface area (Å²) in [6.45, 7) is 0. The van der Waals surface area contributed by atoms with Gasteiger partial charge in [0.25, 0.3) is 5.56 Å². The second kappa shape index (κ2) is 4.88. The fraction of sp³-hybridized carbons (Fsp3) is 0. The Labute approximate surface area is 105 Å². The maximum absolute atomic E-state index is 11.1. The van der Waals surface area contributed by atoms with Crippen LogP contribution in [0, 0.1) is 10.1 Å². The van der Waals surface area contributed by atoms with Crippen molar-refractivity contribution < 1.29 is 4.92 Å². The highest BCUT2D eigenvalue weighted by molar-refractivity contribution is 7.99. The molecule has 1 heterocycles. The number of nitrogens with two attached hydrogens (primary N) is 1. The molecule has 0 aliphatic carbocycles. The fourth-order valence-corrected chi connectivity index (χ4v) is 2.23. The highest BCUT2D eigenvalue weighted by atomic mass is 32.2. The molecule has 0 amide bonds. The van der Waals surface area contributed by atoms with Gasteiger partial charge in [-0.1, -0.05) is 6.07 Å². The summed E-state index contributed by atoms with van der Waals surface area (Å²) in [5.74, 6) is 0. The molecule has 0 radical (unpaired) electrons. The lowest BCUT2D eigenvalue weighted by molar-refractivity contribution is -0.386. The van der Waals surface area contributed by atoms with Crippen LogP contribution in [-0.2, 0) is 0 Å². The highest BCUT2D eigenvalue weighted by Gasteiger charge is 2.19. The van der Waals surface area contributed by atoms with Crippen LogP contribution in [0.2, 0.25) is 0 Å². The number of benzene rings is 1. The first kappa shape index (κ1) is 12.1. The van der Waals surface area contributed by atoms with Gasteiger partial charge in [0.2, 0.25) is 0 Å². The predicted molar refractivity (Wildman–Crippen MR) is 66.5 cm³/mol. The molecule has 7 nitrogen and oxygen atoms in total. The quantitative estimate of drug-likeness (QED) is 0.375. The highest BCUT2D eigenvalue weighted by Crippen LogP contribution is 2.36. The van der Waals surface area contributed by atoms with Crippen molar-refractivity contribution in [3.05, 3.63) is 50.9 Å². The molecule has 1 aromatic carbocycles. The smallest absolute Gasteiger partial charge is 0.305 e. The minimum Gasteiger partial charge on any atom is -0.393 e. The number of nitrogen functional groups attached to an aromatic ring is 1. The number of hydrogen-bond acceptors (Lipinski definition) is 6. The first-order chi connectivity index (χ1) is 8.58. The number of nitrogens with zero attached hydrogens (tertiary/aromatic N) is 2. The molecule has 0 aliphatic heterocycles. The molecule has 0 spiro atoms. The summed E-state index contributed by atoms with van der Waals surface area (Å²) in [6.07, 6.45) is 1.33. The van der Waals surface area contributed by atoms with E-state index in [4.69, 9.17) is 5.73 Å². The Morgan fingerprint density at radius 2 is 2.17 bits per heavy atom. The van der Waals surface area contributed by atoms with Crippen LogP contribution in [0.3, 0.4) is 0 Å². The predicted octanol–water partition coefficient (Wildman–Crippen LogP) is 1.41. The van der Waals surface area contributed by atoms with Gasteiger partial charge in [-0.3, -0.25) is 14.9 Å². The molecule has 8 heteroatoms. The van der Waals surface area contributed by atoms with E-state index in [-0.39, 0.29) is 22.1 Å². The molecule has 0 atom stereocenters. The largest absolute Gasteiger partial charge is 0.393 e. The summed E-state index contributed by atoms with van der Waals surface area (Å²) in [5.41, 5.74) is 5.12. The standard InChI is InChI=1S/C10H8N4O3S/c11-6-2-1-3-7(9(6)14(16)17)18-10-12-5-4-8(15)13-10/h1-5H,11H2,(H,12,13,15). The number of H-pyrrole nitrogens is 1. The summed E-state index contributed by atoms with van der Waals surface area (Å²) in [5, 5.41) is 11.2. The van der Waals surface area contributed by atoms with Gasteiger partial charge in [0.05, 0.1) is 9.82 Å². The fourth-order valence-electron chi connectivity index (χ4n) is 1.33. The Hall–Kier alpha value is -2.35. The van der Waals surface area contributed by atoms with Crippen molar-refractivity contribution in [1.82, 2.24) is 9.97 Å². The average Bonchev–Trinajstić information content (AvgIpc) is 2.28. The molecule has 0 unspecified atom stereocenters. The number of nitro benzene ring substituents is 1. The molecular formula is C10H8N4O3S. The van der Waals surface area contributed by atoms with E-state index in [2.05, 4.69) is 9.97 Å². The number of anilines is 1. The van der Waals surface area contributed by atoms with E-state index in [9.17, 15) is 14.9 Å². The lowest BCUT2D eigenvalue weighted by Gasteiger charge is -2.03. The Kier molecular flexibility index (Phi) is 3.28. The van der Waals surface area contributed by atoms with Crippen molar-refractivity contribution >= 4 is 23.1 Å². The van der Waals surface area contributed by atoms with Crippen LogP contribution in [0.25, 0.3) is 0 Å². The molecule has 18 heavy (non-hydrogen) atoms. The van der Waals surface area contributed by atoms with Crippen molar-refractivity contribution in [2.24, 2.45) is 0 Å². The van der Waals surface area contributed by atoms with Gasteiger partial charge < -0.3 is 10.7 Å². The third-order valence-electron chi connectivity index (χ3n) is 2.07. The lowest BCUT2D eigenvalue weighted by Crippen LogP contribution is -2.05. The third kappa shape index (κ3) is 2.48. The van der Waals surface area contributed by atoms with Crippen LogP contribution in [0.15, 0.2) is 45.3 Å². The summed E-state index contributed by atoms with van der Waals surface area (Å²) in [6, 6.07) is 5.86. The summed E-state index contributed by atoms with van der Waals surface area (Å²) in [4.78, 5) is 28.2. The topological polar surface area (TPSA) is 115 Å². The van der Waals surface area contributed by atoms with E-state index in [1.165, 1.54) is 18.3 Å². The van der Waals surface area contributed by atoms with E-state index >= 15 is 0 Å². The number of para-hydroxylation sites is 1. The summed E-state index contributed by atoms with van der Waals surface area (Å²) < 4.78 is 0. The van der Waals surface area contributed by atoms with Gasteiger partial charge in [0, 0.05) is 12.3 Å². The van der Waals surface area contributed by atoms with Crippen molar-refractivity contribution in [2.75, 3.05) is 5.73 Å². The van der Waals surface area contributed by atoms with Crippen molar-refractivity contribution in [3.63, 3.8) is 0 Å². The van der Waals surface area contributed by atoms with Crippen LogP contribution in [0.4, 0.5) is 11.4 Å². The van der Waals surface area contributed by atoms with Gasteiger partial charge in [0.1, 0.15) is 5.69 Å². The Bertz CT molecular complexity index is 656. The Balaban J connectivity index is 2.43. The van der Waals surface area contributed by atoms with Crippen molar-refractivity contribution in [1.29, 1.82) is 0 Å². The number of hydrogen-bond donors (Lipinski definition) is 2. The zero-order valence-corrected chi connectivity index (χ0v) is 9.81. The van der Waals surface area contributed by atoms with Crippen LogP contribution in [0.5, 0.6) is 0 Å². The SMILES string of the molecule is Nc1cccc(Sc2nccc(=O)[nH]2)c1[N+](=O)[O-]. The van der Waals surface area contributed by atoms with Crippen LogP contribution in [-0.4, -0.2) is 14.9 Å². The van der Waals surface area contributed by atoms with Gasteiger partial charge in [-0.2, -0.15) is 0 Å². The molecule has 1 aromatic heterocycles. The molecule has 0 bridgehead atoms. The van der Waals surface area contributed by atoms with Crippen LogP contribution in [0.1, 0.15) is 0 Å². The molecule has 0 aliphatic rings. The van der Waals surface area contributed by atoms with Crippen molar-refractivity contribution in [2.45, 2.75) is 10.1 Å². The first-order valence-corrected chi connectivity index (χ1v) is 5.65. The second-order valence-corrected chi connectivity index (χ2v) is 4.32. The van der Waals surface area contributed by atoms with Gasteiger partial charge >= 0.3 is 5.69 Å². The maximum atomic E-state index is 11.1. The zero-order valence-electron chi connectivity index (χ0n) is 8.99. The van der Waals surface area contributed by atoms with E-state index in [1.54, 1.807) is 12.1 Å². The number of aromatic amines is 1. The average molecular weight is 264 g/mol. The third-order valence-corrected chi connectivity index (χ3v) is 3.02. The molecule has 3 N–H and O–H groups in total. The molecule has 0 saturated carbocycles. The number of aromatic nitrogens is 2. The molecule has 0 fully saturated rings. The lowest BCUT2D eigenvalue weighted by atomic mass is 10.3. The molecule has 0 saturated heterocycles. The van der Waals surface area contributed by atoms with E-state index in [0.29, 0.717) is 4.90 Å². The van der Waals surface area contributed by atoms with Crippen LogP contribution < -0.4 is 11.3 Å². The minimum atomic E-state index is -0.557. The Morgan fingerprint density at radius 3 is 2.83 bits per heavy atom. The molecular weight excluding hydrogens is 256 g/mol. The molecule has 2 rings (SSSR count). The summed E-state index contributed by atoms with van der Waals surface area (Å²) in [7, 11) is 0. The van der Waals surface area contributed by atoms with Gasteiger partial charge in [-0.15, -0.1) is 0 Å². The van der Waals surface area contributed by atoms with E-state index < -0.39 is 4.92 Å². The summed E-state index contributed by atoms with van der Waals surface area (Å²) >= 11 is 0.983. The van der Waals surface area contributed by atoms with E-state index in [1.807, 2.05) is 0 Å². The van der Waals surface area contributed by atoms with Crippen molar-refractivity contribution in [3.8, 4) is 0 Å². The number of rotatable bonds is 3. The zero-order chi connectivity index (χ0) is 13.1. The second-order valence-electron chi connectivity index (χ2n) is 3.29. The van der Waals surface area contributed by atoms with Crippen LogP contribution >= 0.6 is 11.8 Å². The van der Waals surface area contributed by atoms with Gasteiger partial charge in [-0.05, 0) is 23.9 Å². The number of nitrogens with one attached hydrogen (secondary N) is 1. The van der Waals surface area contributed by atoms with Gasteiger partial charge in [0.15, 0.2) is 5.16 Å². The Morgan fingerprint density at radius 1 is 1.39 bits per heavy atom. The molecule has 2 aromatic rings. The van der Waals surface area contributed by atoms with E-state index in [0.717, 1.165) is 11.8 Å². The number of nitro groups is 1. The monoisotopic (exact) mass is 264 g/mol. The minimum absolute atomic E-state index is 0.0725. The first-order valence-electron chi connectivity index (χ1n) is 4.84. The molecule has 92 valence electrons.